The molecule has 0 bridgehead atoms. The lowest BCUT2D eigenvalue weighted by Crippen LogP contribution is -2.38. The molecule has 9 heteroatoms. The second kappa shape index (κ2) is 6.79. The van der Waals surface area contributed by atoms with E-state index in [0.717, 1.165) is 44.1 Å². The lowest BCUT2D eigenvalue weighted by atomic mass is 9.97. The quantitative estimate of drug-likeness (QED) is 0.855. The Balaban J connectivity index is 1.47. The highest BCUT2D eigenvalue weighted by Crippen LogP contribution is 2.30. The number of benzene rings is 1. The maximum Gasteiger partial charge on any atom is 0.243 e. The molecule has 0 unspecified atom stereocenters. The molecule has 0 radical (unpaired) electrons. The first-order valence-electron chi connectivity index (χ1n) is 8.72. The molecule has 1 aromatic heterocycles. The molecular formula is C17H20N6O2S. The van der Waals surface area contributed by atoms with E-state index in [1.54, 1.807) is 0 Å². The highest BCUT2D eigenvalue weighted by Gasteiger charge is 2.32. The Labute approximate surface area is 152 Å². The molecule has 0 spiro atoms. The number of fused-ring (bicyclic) bond motifs is 1. The van der Waals surface area contributed by atoms with Crippen LogP contribution in [0.2, 0.25) is 0 Å². The van der Waals surface area contributed by atoms with Crippen molar-refractivity contribution >= 4 is 10.0 Å². The minimum absolute atomic E-state index is 0.237. The summed E-state index contributed by atoms with van der Waals surface area (Å²) in [6.45, 7) is 3.44. The number of nitrogens with one attached hydrogen (secondary N) is 1. The number of nitrogens with zero attached hydrogens (tertiary/aromatic N) is 5. The highest BCUT2D eigenvalue weighted by atomic mass is 32.2. The standard InChI is InChI=1S/C17H20N6O2S/c18-11-13-1-3-15(4-2-13)26(24,25)22-8-5-14(6-9-22)17-21-20-16-12-19-7-10-23(16)17/h1-4,14,19H,5-10,12H2. The van der Waals surface area contributed by atoms with Crippen LogP contribution in [0, 0.1) is 11.3 Å². The van der Waals surface area contributed by atoms with Crippen LogP contribution in [0.3, 0.4) is 0 Å². The first-order chi connectivity index (χ1) is 12.6. The Morgan fingerprint density at radius 3 is 2.54 bits per heavy atom. The molecule has 4 rings (SSSR count). The zero-order valence-electron chi connectivity index (χ0n) is 14.3. The number of hydrogen-bond acceptors (Lipinski definition) is 6. The summed E-state index contributed by atoms with van der Waals surface area (Å²) in [5.41, 5.74) is 0.453. The second-order valence-corrected chi connectivity index (χ2v) is 8.56. The third kappa shape index (κ3) is 3.00. The van der Waals surface area contributed by atoms with E-state index in [0.29, 0.717) is 18.7 Å². The van der Waals surface area contributed by atoms with Crippen molar-refractivity contribution in [1.29, 1.82) is 5.26 Å². The van der Waals surface area contributed by atoms with Gasteiger partial charge in [0.2, 0.25) is 10.0 Å². The summed E-state index contributed by atoms with van der Waals surface area (Å²) in [5.74, 6) is 2.18. The molecule has 1 aromatic carbocycles. The van der Waals surface area contributed by atoms with E-state index in [-0.39, 0.29) is 10.8 Å². The SMILES string of the molecule is N#Cc1ccc(S(=O)(=O)N2CCC(c3nnc4n3CCNC4)CC2)cc1. The van der Waals surface area contributed by atoms with Crippen LogP contribution in [0.25, 0.3) is 0 Å². The molecule has 2 aliphatic heterocycles. The summed E-state index contributed by atoms with van der Waals surface area (Å²) in [5, 5.41) is 20.8. The molecule has 1 N–H and O–H groups in total. The van der Waals surface area contributed by atoms with E-state index >= 15 is 0 Å². The van der Waals surface area contributed by atoms with Gasteiger partial charge in [-0.2, -0.15) is 9.57 Å². The first-order valence-corrected chi connectivity index (χ1v) is 10.2. The molecule has 2 aliphatic rings. The van der Waals surface area contributed by atoms with Gasteiger partial charge in [0.05, 0.1) is 23.1 Å². The van der Waals surface area contributed by atoms with E-state index in [2.05, 4.69) is 20.1 Å². The third-order valence-corrected chi connectivity index (χ3v) is 7.00. The van der Waals surface area contributed by atoms with Crippen molar-refractivity contribution in [3.8, 4) is 6.07 Å². The largest absolute Gasteiger partial charge is 0.312 e. The lowest BCUT2D eigenvalue weighted by molar-refractivity contribution is 0.307. The summed E-state index contributed by atoms with van der Waals surface area (Å²) in [4.78, 5) is 0.237. The number of hydrogen-bond donors (Lipinski definition) is 1. The molecule has 26 heavy (non-hydrogen) atoms. The van der Waals surface area contributed by atoms with E-state index in [1.807, 2.05) is 6.07 Å². The molecule has 0 saturated carbocycles. The van der Waals surface area contributed by atoms with Crippen LogP contribution in [0.15, 0.2) is 29.2 Å². The van der Waals surface area contributed by atoms with Crippen LogP contribution in [-0.4, -0.2) is 47.1 Å². The number of nitriles is 1. The van der Waals surface area contributed by atoms with Gasteiger partial charge in [0, 0.05) is 32.1 Å². The third-order valence-electron chi connectivity index (χ3n) is 5.09. The van der Waals surface area contributed by atoms with Crippen LogP contribution in [0.4, 0.5) is 0 Å². The van der Waals surface area contributed by atoms with E-state index in [9.17, 15) is 8.42 Å². The van der Waals surface area contributed by atoms with E-state index in [1.165, 1.54) is 28.6 Å². The molecule has 3 heterocycles. The van der Waals surface area contributed by atoms with Crippen LogP contribution in [0.5, 0.6) is 0 Å². The molecule has 0 amide bonds. The zero-order chi connectivity index (χ0) is 18.1. The van der Waals surface area contributed by atoms with E-state index in [4.69, 9.17) is 5.26 Å². The highest BCUT2D eigenvalue weighted by molar-refractivity contribution is 7.89. The zero-order valence-corrected chi connectivity index (χ0v) is 15.1. The normalized spacial score (nSPS) is 19.0. The van der Waals surface area contributed by atoms with Gasteiger partial charge >= 0.3 is 0 Å². The van der Waals surface area contributed by atoms with Crippen molar-refractivity contribution < 1.29 is 8.42 Å². The van der Waals surface area contributed by atoms with Crippen molar-refractivity contribution in [2.24, 2.45) is 0 Å². The molecule has 0 aliphatic carbocycles. The maximum atomic E-state index is 12.8. The Bertz CT molecular complexity index is 937. The Kier molecular flexibility index (Phi) is 4.48. The monoisotopic (exact) mass is 372 g/mol. The molecule has 136 valence electrons. The van der Waals surface area contributed by atoms with Gasteiger partial charge < -0.3 is 9.88 Å². The van der Waals surface area contributed by atoms with Crippen LogP contribution >= 0.6 is 0 Å². The minimum atomic E-state index is -3.53. The van der Waals surface area contributed by atoms with Gasteiger partial charge in [-0.05, 0) is 37.1 Å². The summed E-state index contributed by atoms with van der Waals surface area (Å²) in [6.07, 6.45) is 1.47. The number of aromatic nitrogens is 3. The van der Waals surface area contributed by atoms with Crippen molar-refractivity contribution in [3.05, 3.63) is 41.5 Å². The average Bonchev–Trinajstić information content (AvgIpc) is 3.12. The smallest absolute Gasteiger partial charge is 0.243 e. The molecule has 1 fully saturated rings. The van der Waals surface area contributed by atoms with Gasteiger partial charge in [0.25, 0.3) is 0 Å². The van der Waals surface area contributed by atoms with Crippen molar-refractivity contribution in [3.63, 3.8) is 0 Å². The summed E-state index contributed by atoms with van der Waals surface area (Å²) in [6, 6.07) is 8.08. The second-order valence-electron chi connectivity index (χ2n) is 6.62. The first kappa shape index (κ1) is 17.1. The Hall–Kier alpha value is -2.28. The molecular weight excluding hydrogens is 352 g/mol. The maximum absolute atomic E-state index is 12.8. The van der Waals surface area contributed by atoms with Gasteiger partial charge in [-0.3, -0.25) is 0 Å². The van der Waals surface area contributed by atoms with Crippen LogP contribution in [-0.2, 0) is 23.1 Å². The average molecular weight is 372 g/mol. The minimum Gasteiger partial charge on any atom is -0.312 e. The van der Waals surface area contributed by atoms with Gasteiger partial charge in [-0.15, -0.1) is 10.2 Å². The molecule has 8 nitrogen and oxygen atoms in total. The number of rotatable bonds is 3. The fourth-order valence-corrected chi connectivity index (χ4v) is 5.09. The lowest BCUT2D eigenvalue weighted by Gasteiger charge is -2.31. The van der Waals surface area contributed by atoms with Gasteiger partial charge in [-0.25, -0.2) is 8.42 Å². The van der Waals surface area contributed by atoms with E-state index < -0.39 is 10.0 Å². The topological polar surface area (TPSA) is 104 Å². The predicted octanol–water partition coefficient (Wildman–Crippen LogP) is 0.821. The Morgan fingerprint density at radius 2 is 1.85 bits per heavy atom. The van der Waals surface area contributed by atoms with Crippen molar-refractivity contribution in [2.45, 2.75) is 36.7 Å². The summed E-state index contributed by atoms with van der Waals surface area (Å²) >= 11 is 0. The summed E-state index contributed by atoms with van der Waals surface area (Å²) in [7, 11) is -3.53. The fraction of sp³-hybridized carbons (Fsp3) is 0.471. The predicted molar refractivity (Wildman–Crippen MR) is 93.6 cm³/mol. The number of sulfonamides is 1. The van der Waals surface area contributed by atoms with Crippen LogP contribution < -0.4 is 5.32 Å². The van der Waals surface area contributed by atoms with Gasteiger partial charge in [0.1, 0.15) is 11.6 Å². The molecule has 1 saturated heterocycles. The molecule has 0 atom stereocenters. The van der Waals surface area contributed by atoms with Crippen LogP contribution in [0.1, 0.15) is 36.0 Å². The van der Waals surface area contributed by atoms with Gasteiger partial charge in [-0.1, -0.05) is 0 Å². The van der Waals surface area contributed by atoms with Crippen molar-refractivity contribution in [2.75, 3.05) is 19.6 Å². The van der Waals surface area contributed by atoms with Gasteiger partial charge in [0.15, 0.2) is 0 Å². The summed E-state index contributed by atoms with van der Waals surface area (Å²) < 4.78 is 29.3. The number of piperidine rings is 1. The van der Waals surface area contributed by atoms with Crippen molar-refractivity contribution in [1.82, 2.24) is 24.4 Å². The molecule has 2 aromatic rings. The fourth-order valence-electron chi connectivity index (χ4n) is 3.62. The Morgan fingerprint density at radius 1 is 1.12 bits per heavy atom.